The van der Waals surface area contributed by atoms with Crippen LogP contribution in [0.4, 0.5) is 0 Å². The Morgan fingerprint density at radius 1 is 1.38 bits per heavy atom. The molecule has 0 fully saturated rings. The van der Waals surface area contributed by atoms with Crippen molar-refractivity contribution in [2.24, 2.45) is 10.9 Å². The molecule has 120 valence electrons. The van der Waals surface area contributed by atoms with Gasteiger partial charge >= 0.3 is 0 Å². The largest absolute Gasteiger partial charge is 0.396 e. The van der Waals surface area contributed by atoms with E-state index >= 15 is 0 Å². The number of aliphatic hydroxyl groups is 1. The first kappa shape index (κ1) is 17.9. The van der Waals surface area contributed by atoms with Crippen LogP contribution in [-0.2, 0) is 6.54 Å². The van der Waals surface area contributed by atoms with Crippen LogP contribution in [0.5, 0.6) is 0 Å². The molecule has 0 aromatic carbocycles. The first-order valence-corrected chi connectivity index (χ1v) is 8.55. The second-order valence-electron chi connectivity index (χ2n) is 5.11. The van der Waals surface area contributed by atoms with E-state index in [1.807, 2.05) is 6.20 Å². The van der Waals surface area contributed by atoms with Crippen molar-refractivity contribution in [1.29, 1.82) is 0 Å². The summed E-state index contributed by atoms with van der Waals surface area (Å²) in [7, 11) is 0. The van der Waals surface area contributed by atoms with Crippen LogP contribution >= 0.6 is 11.3 Å². The third-order valence-corrected chi connectivity index (χ3v) is 4.08. The fourth-order valence-corrected chi connectivity index (χ4v) is 2.85. The summed E-state index contributed by atoms with van der Waals surface area (Å²) >= 11 is 1.68. The fourth-order valence-electron chi connectivity index (χ4n) is 2.14. The molecule has 1 aromatic rings. The summed E-state index contributed by atoms with van der Waals surface area (Å²) in [5.74, 6) is 1.32. The van der Waals surface area contributed by atoms with Crippen LogP contribution in [0.3, 0.4) is 0 Å². The van der Waals surface area contributed by atoms with Crippen LogP contribution in [0.25, 0.3) is 0 Å². The maximum Gasteiger partial charge on any atom is 0.191 e. The van der Waals surface area contributed by atoms with Crippen LogP contribution in [0.2, 0.25) is 0 Å². The minimum Gasteiger partial charge on any atom is -0.396 e. The second kappa shape index (κ2) is 10.6. The molecule has 0 spiro atoms. The second-order valence-corrected chi connectivity index (χ2v) is 6.43. The van der Waals surface area contributed by atoms with Gasteiger partial charge in [-0.3, -0.25) is 0 Å². The molecule has 0 aliphatic carbocycles. The van der Waals surface area contributed by atoms with Crippen molar-refractivity contribution < 1.29 is 5.11 Å². The van der Waals surface area contributed by atoms with Crippen LogP contribution in [-0.4, -0.2) is 35.7 Å². The van der Waals surface area contributed by atoms with Crippen molar-refractivity contribution in [2.75, 3.05) is 19.7 Å². The van der Waals surface area contributed by atoms with Gasteiger partial charge in [0.05, 0.1) is 6.54 Å². The first-order valence-electron chi connectivity index (χ1n) is 7.73. The lowest BCUT2D eigenvalue weighted by atomic mass is 10.0. The van der Waals surface area contributed by atoms with Gasteiger partial charge in [0.1, 0.15) is 5.01 Å². The van der Waals surface area contributed by atoms with E-state index in [1.165, 1.54) is 4.88 Å². The average molecular weight is 312 g/mol. The van der Waals surface area contributed by atoms with Crippen molar-refractivity contribution >= 4 is 17.3 Å². The maximum atomic E-state index is 9.11. The number of aromatic nitrogens is 1. The normalized spacial score (nSPS) is 13.2. The Hall–Kier alpha value is -1.14. The Kier molecular flexibility index (Phi) is 9.01. The quantitative estimate of drug-likeness (QED) is 0.483. The minimum atomic E-state index is 0.248. The molecule has 0 amide bonds. The highest BCUT2D eigenvalue weighted by atomic mass is 32.1. The van der Waals surface area contributed by atoms with Crippen LogP contribution in [0, 0.1) is 12.8 Å². The molecule has 6 heteroatoms. The van der Waals surface area contributed by atoms with E-state index in [-0.39, 0.29) is 6.61 Å². The number of aliphatic hydroxyl groups excluding tert-OH is 1. The highest BCUT2D eigenvalue weighted by Gasteiger charge is 2.08. The number of nitrogens with zero attached hydrogens (tertiary/aromatic N) is 2. The molecule has 0 radical (unpaired) electrons. The zero-order valence-corrected chi connectivity index (χ0v) is 14.2. The van der Waals surface area contributed by atoms with Crippen molar-refractivity contribution in [1.82, 2.24) is 15.6 Å². The minimum absolute atomic E-state index is 0.248. The van der Waals surface area contributed by atoms with Gasteiger partial charge in [0.25, 0.3) is 0 Å². The smallest absolute Gasteiger partial charge is 0.191 e. The van der Waals surface area contributed by atoms with Gasteiger partial charge in [0, 0.05) is 30.8 Å². The van der Waals surface area contributed by atoms with Gasteiger partial charge in [0.2, 0.25) is 0 Å². The third-order valence-electron chi connectivity index (χ3n) is 3.18. The maximum absolute atomic E-state index is 9.11. The van der Waals surface area contributed by atoms with E-state index in [4.69, 9.17) is 5.11 Å². The van der Waals surface area contributed by atoms with E-state index < -0.39 is 0 Å². The zero-order valence-electron chi connectivity index (χ0n) is 13.4. The summed E-state index contributed by atoms with van der Waals surface area (Å²) in [6.07, 6.45) is 4.98. The van der Waals surface area contributed by atoms with Gasteiger partial charge in [-0.1, -0.05) is 13.3 Å². The highest BCUT2D eigenvalue weighted by Crippen LogP contribution is 2.12. The number of aliphatic imine (C=N–C) groups is 1. The van der Waals surface area contributed by atoms with Crippen LogP contribution in [0.1, 0.15) is 43.0 Å². The number of thiazole rings is 1. The van der Waals surface area contributed by atoms with Gasteiger partial charge in [-0.25, -0.2) is 9.98 Å². The Morgan fingerprint density at radius 2 is 2.19 bits per heavy atom. The van der Waals surface area contributed by atoms with E-state index in [1.54, 1.807) is 11.3 Å². The van der Waals surface area contributed by atoms with Crippen LogP contribution in [0.15, 0.2) is 11.2 Å². The summed E-state index contributed by atoms with van der Waals surface area (Å²) in [5.41, 5.74) is 0. The topological polar surface area (TPSA) is 69.5 Å². The lowest BCUT2D eigenvalue weighted by Gasteiger charge is -2.18. The predicted molar refractivity (Wildman–Crippen MR) is 89.8 cm³/mol. The van der Waals surface area contributed by atoms with Gasteiger partial charge in [-0.05, 0) is 32.6 Å². The summed E-state index contributed by atoms with van der Waals surface area (Å²) in [4.78, 5) is 10.1. The molecule has 21 heavy (non-hydrogen) atoms. The van der Waals surface area contributed by atoms with Crippen molar-refractivity contribution in [3.8, 4) is 0 Å². The molecule has 3 N–H and O–H groups in total. The predicted octanol–water partition coefficient (Wildman–Crippen LogP) is 2.31. The molecular weight excluding hydrogens is 284 g/mol. The molecule has 0 aliphatic heterocycles. The standard InChI is InChI=1S/C15H28N4OS/c1-4-6-13(7-8-20)10-18-15(16-5-2)19-11-14-17-9-12(3)21-14/h9,13,20H,4-8,10-11H2,1-3H3,(H2,16,18,19). The molecule has 0 saturated heterocycles. The van der Waals surface area contributed by atoms with Crippen LogP contribution < -0.4 is 10.6 Å². The molecule has 1 aromatic heterocycles. The van der Waals surface area contributed by atoms with Gasteiger partial charge in [-0.15, -0.1) is 11.3 Å². The van der Waals surface area contributed by atoms with Gasteiger partial charge < -0.3 is 15.7 Å². The lowest BCUT2D eigenvalue weighted by molar-refractivity contribution is 0.251. The first-order chi connectivity index (χ1) is 10.2. The number of rotatable bonds is 9. The van der Waals surface area contributed by atoms with E-state index in [2.05, 4.69) is 41.4 Å². The molecule has 5 nitrogen and oxygen atoms in total. The lowest BCUT2D eigenvalue weighted by Crippen LogP contribution is -2.40. The van der Waals surface area contributed by atoms with Crippen molar-refractivity contribution in [3.63, 3.8) is 0 Å². The Bertz CT molecular complexity index is 414. The number of nitrogens with one attached hydrogen (secondary N) is 2. The van der Waals surface area contributed by atoms with E-state index in [9.17, 15) is 0 Å². The number of hydrogen-bond acceptors (Lipinski definition) is 4. The number of aryl methyl sites for hydroxylation is 1. The monoisotopic (exact) mass is 312 g/mol. The molecule has 1 unspecified atom stereocenters. The van der Waals surface area contributed by atoms with Crippen molar-refractivity contribution in [2.45, 2.75) is 46.6 Å². The zero-order chi connectivity index (χ0) is 15.5. The summed E-state index contributed by atoms with van der Waals surface area (Å²) < 4.78 is 0. The molecular formula is C15H28N4OS. The summed E-state index contributed by atoms with van der Waals surface area (Å²) in [6.45, 7) is 8.82. The van der Waals surface area contributed by atoms with Gasteiger partial charge in [0.15, 0.2) is 5.96 Å². The van der Waals surface area contributed by atoms with E-state index in [0.717, 1.165) is 43.3 Å². The van der Waals surface area contributed by atoms with Gasteiger partial charge in [-0.2, -0.15) is 0 Å². The van der Waals surface area contributed by atoms with Crippen molar-refractivity contribution in [3.05, 3.63) is 16.1 Å². The summed E-state index contributed by atoms with van der Waals surface area (Å²) in [5, 5.41) is 16.8. The molecule has 1 rings (SSSR count). The molecule has 0 aliphatic rings. The number of guanidine groups is 1. The number of hydrogen-bond donors (Lipinski definition) is 3. The van der Waals surface area contributed by atoms with E-state index in [0.29, 0.717) is 12.5 Å². The Balaban J connectivity index is 2.51. The third kappa shape index (κ3) is 7.43. The molecule has 1 heterocycles. The SMILES string of the molecule is CCCC(CCO)CNC(=NCc1ncc(C)s1)NCC. The summed E-state index contributed by atoms with van der Waals surface area (Å²) in [6, 6.07) is 0. The molecule has 0 bridgehead atoms. The molecule has 1 atom stereocenters. The Morgan fingerprint density at radius 3 is 2.76 bits per heavy atom. The highest BCUT2D eigenvalue weighted by molar-refractivity contribution is 7.11. The average Bonchev–Trinajstić information content (AvgIpc) is 2.88. The fraction of sp³-hybridized carbons (Fsp3) is 0.733. The Labute approximate surface area is 131 Å². The molecule has 0 saturated carbocycles.